The quantitative estimate of drug-likeness (QED) is 0.849. The van der Waals surface area contributed by atoms with E-state index in [1.54, 1.807) is 4.90 Å². The van der Waals surface area contributed by atoms with Crippen LogP contribution in [0.25, 0.3) is 0 Å². The summed E-state index contributed by atoms with van der Waals surface area (Å²) in [4.78, 5) is 23.7. The van der Waals surface area contributed by atoms with Crippen LogP contribution in [0.15, 0.2) is 35.1 Å². The lowest BCUT2D eigenvalue weighted by Gasteiger charge is -2.32. The van der Waals surface area contributed by atoms with E-state index in [4.69, 9.17) is 4.98 Å². The van der Waals surface area contributed by atoms with Crippen LogP contribution in [-0.4, -0.2) is 36.1 Å². The number of rotatable bonds is 3. The summed E-state index contributed by atoms with van der Waals surface area (Å²) in [5.41, 5.74) is 3.38. The van der Waals surface area contributed by atoms with Crippen LogP contribution >= 0.6 is 0 Å². The van der Waals surface area contributed by atoms with Gasteiger partial charge in [-0.3, -0.25) is 9.78 Å². The number of aryl methyl sites for hydroxylation is 1. The molecule has 23 heavy (non-hydrogen) atoms. The summed E-state index contributed by atoms with van der Waals surface area (Å²) in [5.74, 6) is 0.773. The number of quaternary nitrogens is 1. The molecular formula is C18H23N4O+. The van der Waals surface area contributed by atoms with E-state index in [1.165, 1.54) is 5.56 Å². The van der Waals surface area contributed by atoms with E-state index in [1.807, 2.05) is 0 Å². The molecule has 120 valence electrons. The van der Waals surface area contributed by atoms with Crippen LogP contribution in [0, 0.1) is 0 Å². The van der Waals surface area contributed by atoms with Crippen molar-refractivity contribution in [3.05, 3.63) is 57.5 Å². The van der Waals surface area contributed by atoms with Crippen LogP contribution in [0.5, 0.6) is 0 Å². The third-order valence-electron chi connectivity index (χ3n) is 5.00. The molecule has 1 aliphatic heterocycles. The number of hydrogen-bond acceptors (Lipinski definition) is 3. The van der Waals surface area contributed by atoms with Gasteiger partial charge in [-0.2, -0.15) is 0 Å². The van der Waals surface area contributed by atoms with Gasteiger partial charge < -0.3 is 9.80 Å². The van der Waals surface area contributed by atoms with Gasteiger partial charge >= 0.3 is 0 Å². The van der Waals surface area contributed by atoms with Crippen LogP contribution in [0.4, 0.5) is 5.95 Å². The van der Waals surface area contributed by atoms with Crippen molar-refractivity contribution in [2.45, 2.75) is 25.8 Å². The molecule has 0 bridgehead atoms. The SMILES string of the molecule is O=c1[nH]c(N2CC[NH+](Cc3ccccc3)CC2)nc2c1CCC2. The van der Waals surface area contributed by atoms with Crippen LogP contribution < -0.4 is 15.4 Å². The van der Waals surface area contributed by atoms with Gasteiger partial charge in [0.2, 0.25) is 5.95 Å². The van der Waals surface area contributed by atoms with E-state index in [-0.39, 0.29) is 5.56 Å². The lowest BCUT2D eigenvalue weighted by Crippen LogP contribution is -3.13. The minimum atomic E-state index is 0.0709. The highest BCUT2D eigenvalue weighted by Gasteiger charge is 2.24. The molecule has 2 heterocycles. The highest BCUT2D eigenvalue weighted by atomic mass is 16.1. The van der Waals surface area contributed by atoms with Crippen molar-refractivity contribution in [3.8, 4) is 0 Å². The summed E-state index contributed by atoms with van der Waals surface area (Å²) in [6, 6.07) is 10.7. The maximum Gasteiger partial charge on any atom is 0.255 e. The first-order valence-corrected chi connectivity index (χ1v) is 8.54. The average Bonchev–Trinajstić information content (AvgIpc) is 3.06. The molecule has 2 N–H and O–H groups in total. The highest BCUT2D eigenvalue weighted by molar-refractivity contribution is 5.35. The second kappa shape index (κ2) is 6.16. The first-order valence-electron chi connectivity index (χ1n) is 8.54. The lowest BCUT2D eigenvalue weighted by atomic mass is 10.2. The number of nitrogens with one attached hydrogen (secondary N) is 2. The normalized spacial score (nSPS) is 18.2. The molecule has 2 aromatic rings. The number of piperazine rings is 1. The van der Waals surface area contributed by atoms with E-state index in [2.05, 4.69) is 40.2 Å². The number of anilines is 1. The predicted octanol–water partition coefficient (Wildman–Crippen LogP) is 0.164. The fourth-order valence-electron chi connectivity index (χ4n) is 3.67. The van der Waals surface area contributed by atoms with Crippen molar-refractivity contribution >= 4 is 5.95 Å². The standard InChI is InChI=1S/C18H22N4O/c23-17-15-7-4-8-16(15)19-18(20-17)22-11-9-21(10-12-22)13-14-5-2-1-3-6-14/h1-3,5-6H,4,7-13H2,(H,19,20,23)/p+1. The Labute approximate surface area is 136 Å². The van der Waals surface area contributed by atoms with Gasteiger partial charge in [0, 0.05) is 11.1 Å². The zero-order valence-corrected chi connectivity index (χ0v) is 13.3. The van der Waals surface area contributed by atoms with Crippen LogP contribution in [0.3, 0.4) is 0 Å². The number of H-pyrrole nitrogens is 1. The molecule has 4 rings (SSSR count). The first kappa shape index (κ1) is 14.5. The minimum Gasteiger partial charge on any atom is -0.331 e. The molecule has 0 radical (unpaired) electrons. The first-order chi connectivity index (χ1) is 11.3. The Bertz CT molecular complexity index is 732. The molecule has 1 saturated heterocycles. The van der Waals surface area contributed by atoms with Crippen LogP contribution in [0.2, 0.25) is 0 Å². The number of fused-ring (bicyclic) bond motifs is 1. The van der Waals surface area contributed by atoms with Gasteiger partial charge in [0.05, 0.1) is 31.9 Å². The van der Waals surface area contributed by atoms with Crippen molar-refractivity contribution in [2.75, 3.05) is 31.1 Å². The van der Waals surface area contributed by atoms with E-state index in [0.717, 1.165) is 69.2 Å². The molecule has 1 fully saturated rings. The molecule has 0 unspecified atom stereocenters. The second-order valence-corrected chi connectivity index (χ2v) is 6.57. The van der Waals surface area contributed by atoms with E-state index in [0.29, 0.717) is 0 Å². The van der Waals surface area contributed by atoms with Crippen molar-refractivity contribution in [3.63, 3.8) is 0 Å². The Balaban J connectivity index is 1.42. The second-order valence-electron chi connectivity index (χ2n) is 6.57. The Morgan fingerprint density at radius 3 is 2.70 bits per heavy atom. The van der Waals surface area contributed by atoms with Crippen molar-refractivity contribution < 1.29 is 4.90 Å². The smallest absolute Gasteiger partial charge is 0.255 e. The maximum atomic E-state index is 12.2. The summed E-state index contributed by atoms with van der Waals surface area (Å²) >= 11 is 0. The maximum absolute atomic E-state index is 12.2. The van der Waals surface area contributed by atoms with Crippen LogP contribution in [-0.2, 0) is 19.4 Å². The van der Waals surface area contributed by atoms with Gasteiger partial charge in [0.1, 0.15) is 6.54 Å². The molecule has 0 spiro atoms. The molecule has 1 aliphatic carbocycles. The zero-order chi connectivity index (χ0) is 15.6. The number of benzene rings is 1. The monoisotopic (exact) mass is 311 g/mol. The largest absolute Gasteiger partial charge is 0.331 e. The molecule has 0 saturated carbocycles. The van der Waals surface area contributed by atoms with E-state index >= 15 is 0 Å². The Morgan fingerprint density at radius 1 is 1.13 bits per heavy atom. The zero-order valence-electron chi connectivity index (χ0n) is 13.3. The fourth-order valence-corrected chi connectivity index (χ4v) is 3.67. The Morgan fingerprint density at radius 2 is 1.91 bits per heavy atom. The third-order valence-corrected chi connectivity index (χ3v) is 5.00. The van der Waals surface area contributed by atoms with Gasteiger partial charge in [-0.15, -0.1) is 0 Å². The molecule has 1 aromatic heterocycles. The van der Waals surface area contributed by atoms with Gasteiger partial charge in [0.15, 0.2) is 0 Å². The molecule has 5 heteroatoms. The average molecular weight is 311 g/mol. The van der Waals surface area contributed by atoms with Crippen molar-refractivity contribution in [1.29, 1.82) is 0 Å². The molecule has 0 amide bonds. The minimum absolute atomic E-state index is 0.0709. The summed E-state index contributed by atoms with van der Waals surface area (Å²) in [7, 11) is 0. The molecule has 0 atom stereocenters. The Kier molecular flexibility index (Phi) is 3.87. The lowest BCUT2D eigenvalue weighted by molar-refractivity contribution is -0.914. The fraction of sp³-hybridized carbons (Fsp3) is 0.444. The highest BCUT2D eigenvalue weighted by Crippen LogP contribution is 2.18. The number of nitrogens with zero attached hydrogens (tertiary/aromatic N) is 2. The van der Waals surface area contributed by atoms with E-state index in [9.17, 15) is 4.79 Å². The number of aromatic amines is 1. The summed E-state index contributed by atoms with van der Waals surface area (Å²) in [6.07, 6.45) is 2.89. The van der Waals surface area contributed by atoms with E-state index < -0.39 is 0 Å². The van der Waals surface area contributed by atoms with Gasteiger partial charge in [-0.05, 0) is 19.3 Å². The Hall–Kier alpha value is -2.14. The van der Waals surface area contributed by atoms with Gasteiger partial charge in [-0.25, -0.2) is 4.98 Å². The molecule has 5 nitrogen and oxygen atoms in total. The van der Waals surface area contributed by atoms with Crippen molar-refractivity contribution in [2.24, 2.45) is 0 Å². The number of hydrogen-bond donors (Lipinski definition) is 2. The topological polar surface area (TPSA) is 53.4 Å². The molecule has 2 aliphatic rings. The van der Waals surface area contributed by atoms with Gasteiger partial charge in [0.25, 0.3) is 5.56 Å². The summed E-state index contributed by atoms with van der Waals surface area (Å²) in [5, 5.41) is 0. The van der Waals surface area contributed by atoms with Gasteiger partial charge in [-0.1, -0.05) is 30.3 Å². The summed E-state index contributed by atoms with van der Waals surface area (Å²) in [6.45, 7) is 5.13. The summed E-state index contributed by atoms with van der Waals surface area (Å²) < 4.78 is 0. The molecule has 1 aromatic carbocycles. The third kappa shape index (κ3) is 3.01. The predicted molar refractivity (Wildman–Crippen MR) is 89.9 cm³/mol. The number of aromatic nitrogens is 2. The van der Waals surface area contributed by atoms with Crippen molar-refractivity contribution in [1.82, 2.24) is 9.97 Å². The molecular weight excluding hydrogens is 288 g/mol. The van der Waals surface area contributed by atoms with Crippen LogP contribution in [0.1, 0.15) is 23.2 Å².